The quantitative estimate of drug-likeness (QED) is 0.637. The molecule has 1 amide bonds. The predicted molar refractivity (Wildman–Crippen MR) is 112 cm³/mol. The summed E-state index contributed by atoms with van der Waals surface area (Å²) in [6, 6.07) is 20.2. The van der Waals surface area contributed by atoms with Crippen LogP contribution < -0.4 is 9.47 Å². The van der Waals surface area contributed by atoms with Gasteiger partial charge in [0.15, 0.2) is 0 Å². The maximum atomic E-state index is 13.2. The average Bonchev–Trinajstić information content (AvgIpc) is 3.26. The third-order valence-electron chi connectivity index (χ3n) is 5.51. The van der Waals surface area contributed by atoms with Gasteiger partial charge in [0.05, 0.1) is 20.3 Å². The number of methoxy groups -OCH3 is 2. The summed E-state index contributed by atoms with van der Waals surface area (Å²) in [5.74, 6) is 1.64. The van der Waals surface area contributed by atoms with Crippen molar-refractivity contribution in [2.75, 3.05) is 20.8 Å². The average molecular weight is 390 g/mol. The number of amides is 1. The van der Waals surface area contributed by atoms with Gasteiger partial charge in [0, 0.05) is 37.5 Å². The molecule has 0 spiro atoms. The number of nitrogens with zero attached hydrogens (tertiary/aromatic N) is 2. The molecule has 5 nitrogen and oxygen atoms in total. The summed E-state index contributed by atoms with van der Waals surface area (Å²) in [7, 11) is 3.27. The van der Waals surface area contributed by atoms with Gasteiger partial charge in [-0.3, -0.25) is 4.79 Å². The highest BCUT2D eigenvalue weighted by molar-refractivity contribution is 5.77. The molecule has 1 unspecified atom stereocenters. The highest BCUT2D eigenvalue weighted by Gasteiger charge is 2.31. The van der Waals surface area contributed by atoms with Crippen LogP contribution in [0, 0.1) is 0 Å². The first kappa shape index (κ1) is 19.1. The summed E-state index contributed by atoms with van der Waals surface area (Å²) in [4.78, 5) is 15.3. The lowest BCUT2D eigenvalue weighted by Crippen LogP contribution is -2.42. The van der Waals surface area contributed by atoms with Crippen LogP contribution in [-0.4, -0.2) is 36.1 Å². The molecule has 2 aromatic carbocycles. The normalized spacial score (nSPS) is 15.7. The SMILES string of the molecule is COc1cc(CCC(=O)N2CCn3cccc3C2c2ccccc2)cc(OC)c1. The first-order valence-electron chi connectivity index (χ1n) is 9.91. The Morgan fingerprint density at radius 2 is 1.69 bits per heavy atom. The summed E-state index contributed by atoms with van der Waals surface area (Å²) in [5.41, 5.74) is 3.34. The van der Waals surface area contributed by atoms with E-state index < -0.39 is 0 Å². The van der Waals surface area contributed by atoms with E-state index in [1.165, 1.54) is 5.69 Å². The van der Waals surface area contributed by atoms with Gasteiger partial charge < -0.3 is 18.9 Å². The lowest BCUT2D eigenvalue weighted by molar-refractivity contribution is -0.133. The van der Waals surface area contributed by atoms with Gasteiger partial charge in [0.2, 0.25) is 5.91 Å². The Morgan fingerprint density at radius 1 is 0.966 bits per heavy atom. The zero-order chi connectivity index (χ0) is 20.2. The number of hydrogen-bond donors (Lipinski definition) is 0. The molecule has 0 aliphatic carbocycles. The molecule has 150 valence electrons. The van der Waals surface area contributed by atoms with E-state index in [0.717, 1.165) is 29.2 Å². The maximum Gasteiger partial charge on any atom is 0.223 e. The first-order chi connectivity index (χ1) is 14.2. The van der Waals surface area contributed by atoms with E-state index in [1.54, 1.807) is 14.2 Å². The fourth-order valence-electron chi connectivity index (χ4n) is 4.04. The highest BCUT2D eigenvalue weighted by Crippen LogP contribution is 2.33. The van der Waals surface area contributed by atoms with E-state index in [9.17, 15) is 4.79 Å². The lowest BCUT2D eigenvalue weighted by atomic mass is 9.99. The minimum Gasteiger partial charge on any atom is -0.497 e. The zero-order valence-electron chi connectivity index (χ0n) is 16.9. The van der Waals surface area contributed by atoms with Crippen molar-refractivity contribution in [1.29, 1.82) is 0 Å². The number of carbonyl (C=O) groups excluding carboxylic acids is 1. The van der Waals surface area contributed by atoms with Gasteiger partial charge in [-0.25, -0.2) is 0 Å². The third kappa shape index (κ3) is 3.99. The summed E-state index contributed by atoms with van der Waals surface area (Å²) < 4.78 is 12.9. The summed E-state index contributed by atoms with van der Waals surface area (Å²) in [6.45, 7) is 1.53. The maximum absolute atomic E-state index is 13.2. The Morgan fingerprint density at radius 3 is 2.38 bits per heavy atom. The van der Waals surface area contributed by atoms with Gasteiger partial charge in [-0.2, -0.15) is 0 Å². The van der Waals surface area contributed by atoms with Gasteiger partial charge in [0.1, 0.15) is 11.5 Å². The Kier molecular flexibility index (Phi) is 5.56. The molecule has 1 aliphatic rings. The van der Waals surface area contributed by atoms with Crippen LogP contribution in [0.15, 0.2) is 66.9 Å². The van der Waals surface area contributed by atoms with E-state index in [4.69, 9.17) is 9.47 Å². The van der Waals surface area contributed by atoms with E-state index in [2.05, 4.69) is 35.0 Å². The molecule has 5 heteroatoms. The summed E-state index contributed by atoms with van der Waals surface area (Å²) in [6.07, 6.45) is 3.18. The van der Waals surface area contributed by atoms with Gasteiger partial charge in [-0.05, 0) is 41.8 Å². The zero-order valence-corrected chi connectivity index (χ0v) is 16.9. The van der Waals surface area contributed by atoms with Crippen LogP contribution in [0.1, 0.15) is 29.3 Å². The van der Waals surface area contributed by atoms with Crippen molar-refractivity contribution < 1.29 is 14.3 Å². The standard InChI is InChI=1S/C24H26N2O3/c1-28-20-15-18(16-21(17-20)29-2)10-11-23(27)26-14-13-25-12-6-9-22(25)24(26)19-7-4-3-5-8-19/h3-9,12,15-17,24H,10-11,13-14H2,1-2H3. The van der Waals surface area contributed by atoms with E-state index in [1.807, 2.05) is 41.3 Å². The van der Waals surface area contributed by atoms with Crippen LogP contribution in [0.3, 0.4) is 0 Å². The Bertz CT molecular complexity index is 959. The predicted octanol–water partition coefficient (Wildman–Crippen LogP) is 4.07. The summed E-state index contributed by atoms with van der Waals surface area (Å²) in [5, 5.41) is 0. The van der Waals surface area contributed by atoms with Crippen molar-refractivity contribution in [2.45, 2.75) is 25.4 Å². The minimum atomic E-state index is -0.0488. The molecule has 0 N–H and O–H groups in total. The van der Waals surface area contributed by atoms with Crippen LogP contribution in [0.4, 0.5) is 0 Å². The first-order valence-corrected chi connectivity index (χ1v) is 9.91. The fourth-order valence-corrected chi connectivity index (χ4v) is 4.04. The van der Waals surface area contributed by atoms with Crippen LogP contribution in [0.5, 0.6) is 11.5 Å². The monoisotopic (exact) mass is 390 g/mol. The number of aromatic nitrogens is 1. The molecular formula is C24H26N2O3. The van der Waals surface area contributed by atoms with E-state index in [-0.39, 0.29) is 11.9 Å². The van der Waals surface area contributed by atoms with Gasteiger partial charge in [0.25, 0.3) is 0 Å². The summed E-state index contributed by atoms with van der Waals surface area (Å²) >= 11 is 0. The van der Waals surface area contributed by atoms with Crippen LogP contribution in [0.2, 0.25) is 0 Å². The van der Waals surface area contributed by atoms with Crippen LogP contribution in [-0.2, 0) is 17.8 Å². The van der Waals surface area contributed by atoms with Crippen molar-refractivity contribution in [3.05, 3.63) is 83.7 Å². The topological polar surface area (TPSA) is 43.7 Å². The van der Waals surface area contributed by atoms with Gasteiger partial charge >= 0.3 is 0 Å². The molecule has 0 saturated carbocycles. The Labute approximate surface area is 171 Å². The van der Waals surface area contributed by atoms with Crippen LogP contribution >= 0.6 is 0 Å². The molecule has 2 heterocycles. The van der Waals surface area contributed by atoms with Crippen molar-refractivity contribution in [3.63, 3.8) is 0 Å². The van der Waals surface area contributed by atoms with Crippen molar-refractivity contribution in [2.24, 2.45) is 0 Å². The minimum absolute atomic E-state index is 0.0488. The highest BCUT2D eigenvalue weighted by atomic mass is 16.5. The second-order valence-corrected chi connectivity index (χ2v) is 7.25. The number of rotatable bonds is 6. The molecule has 0 fully saturated rings. The molecule has 4 rings (SSSR count). The molecule has 0 saturated heterocycles. The van der Waals surface area contributed by atoms with Gasteiger partial charge in [-0.15, -0.1) is 0 Å². The molecular weight excluding hydrogens is 364 g/mol. The fraction of sp³-hybridized carbons (Fsp3) is 0.292. The molecule has 3 aromatic rings. The molecule has 1 atom stereocenters. The van der Waals surface area contributed by atoms with Crippen molar-refractivity contribution in [3.8, 4) is 11.5 Å². The molecule has 29 heavy (non-hydrogen) atoms. The largest absolute Gasteiger partial charge is 0.497 e. The third-order valence-corrected chi connectivity index (χ3v) is 5.51. The smallest absolute Gasteiger partial charge is 0.223 e. The second kappa shape index (κ2) is 8.43. The van der Waals surface area contributed by atoms with Crippen molar-refractivity contribution in [1.82, 2.24) is 9.47 Å². The lowest BCUT2D eigenvalue weighted by Gasteiger charge is -2.37. The number of ether oxygens (including phenoxy) is 2. The molecule has 1 aliphatic heterocycles. The number of fused-ring (bicyclic) bond motifs is 1. The number of carbonyl (C=O) groups is 1. The van der Waals surface area contributed by atoms with E-state index >= 15 is 0 Å². The van der Waals surface area contributed by atoms with Crippen LogP contribution in [0.25, 0.3) is 0 Å². The molecule has 0 bridgehead atoms. The molecule has 0 radical (unpaired) electrons. The Hall–Kier alpha value is -3.21. The van der Waals surface area contributed by atoms with Gasteiger partial charge in [-0.1, -0.05) is 30.3 Å². The van der Waals surface area contributed by atoms with Crippen molar-refractivity contribution >= 4 is 5.91 Å². The molecule has 1 aromatic heterocycles. The Balaban J connectivity index is 1.55. The van der Waals surface area contributed by atoms with E-state index in [0.29, 0.717) is 19.4 Å². The number of aryl methyl sites for hydroxylation is 1. The number of hydrogen-bond acceptors (Lipinski definition) is 3. The number of benzene rings is 2. The second-order valence-electron chi connectivity index (χ2n) is 7.25.